The van der Waals surface area contributed by atoms with Crippen molar-refractivity contribution in [3.63, 3.8) is 0 Å². The van der Waals surface area contributed by atoms with Gasteiger partial charge in [-0.15, -0.1) is 0 Å². The number of carbonyl (C=O) groups is 6. The number of aliphatic carboxylic acids is 1. The number of hydrogen-bond donors (Lipinski definition) is 8. The molecule has 1 unspecified atom stereocenters. The van der Waals surface area contributed by atoms with Crippen LogP contribution in [0.15, 0.2) is 34.4 Å². The number of aliphatic imine (C=N–C) groups is 1. The van der Waals surface area contributed by atoms with Crippen LogP contribution in [0.2, 0.25) is 0 Å². The molecule has 5 amide bonds. The highest BCUT2D eigenvalue weighted by molar-refractivity contribution is 5.97. The molecule has 7 atom stereocenters. The SMILES string of the molecule is CC[C@H](C)[C@@H](NC(=O)[C@@H](Cc1ccc(O)cc1)NC(=O)[C@H]1CCCN1C(=O)[C@@H](CCCN=C(N)N)NC(=O)C(CCCCN(C)C)N=[N+]=[N-])C(=O)N[C@H](CC(C)C)C(=O)O. The molecule has 60 heavy (non-hydrogen) atoms. The van der Waals surface area contributed by atoms with Gasteiger partial charge in [-0.05, 0) is 101 Å². The molecule has 0 radical (unpaired) electrons. The van der Waals surface area contributed by atoms with E-state index >= 15 is 0 Å². The summed E-state index contributed by atoms with van der Waals surface area (Å²) in [5.41, 5.74) is 20.7. The molecule has 20 nitrogen and oxygen atoms in total. The minimum atomic E-state index is -1.27. The summed E-state index contributed by atoms with van der Waals surface area (Å²) >= 11 is 0. The van der Waals surface area contributed by atoms with Crippen LogP contribution in [0.1, 0.15) is 91.0 Å². The first-order valence-corrected chi connectivity index (χ1v) is 20.6. The number of hydrogen-bond acceptors (Lipinski definition) is 10. The fraction of sp³-hybridized carbons (Fsp3) is 0.675. The van der Waals surface area contributed by atoms with Crippen LogP contribution in [0, 0.1) is 11.8 Å². The number of carboxylic acids is 1. The van der Waals surface area contributed by atoms with Crippen LogP contribution in [0.4, 0.5) is 0 Å². The molecule has 10 N–H and O–H groups in total. The number of guanidine groups is 1. The van der Waals surface area contributed by atoms with Gasteiger partial charge in [0, 0.05) is 24.4 Å². The van der Waals surface area contributed by atoms with Gasteiger partial charge in [0.05, 0.1) is 0 Å². The molecule has 1 heterocycles. The Bertz CT molecular complexity index is 1660. The summed E-state index contributed by atoms with van der Waals surface area (Å²) < 4.78 is 0. The molecule has 1 aromatic carbocycles. The van der Waals surface area contributed by atoms with E-state index in [2.05, 4.69) is 36.3 Å². The molecule has 1 aliphatic rings. The standard InChI is InChI=1S/C40H66N12O8/c1-7-25(4)33(37(57)47-31(39(59)60)22-24(2)3)48-35(55)30(23-26-15-17-27(53)18-16-26)46-36(56)32-14-11-21-52(32)38(58)29(13-10-19-44-40(41)42)45-34(54)28(49-50-43)12-8-9-20-51(5)6/h15-18,24-25,28-33,53H,7-14,19-23H2,1-6H3,(H,45,54)(H,46,56)(H,47,57)(H,48,55)(H,59,60)(H4,41,42,44)/t25-,28?,29+,30+,31+,32+,33+/m0/s1. The lowest BCUT2D eigenvalue weighted by molar-refractivity contribution is -0.143. The number of carbonyl (C=O) groups excluding carboxylic acids is 5. The molecule has 0 saturated carbocycles. The molecule has 1 aromatic rings. The lowest BCUT2D eigenvalue weighted by Crippen LogP contribution is -2.60. The number of amides is 5. The second-order valence-electron chi connectivity index (χ2n) is 16.1. The van der Waals surface area contributed by atoms with Crippen molar-refractivity contribution in [3.8, 4) is 5.75 Å². The number of nitrogens with zero attached hydrogens (tertiary/aromatic N) is 6. The van der Waals surface area contributed by atoms with Gasteiger partial charge in [0.15, 0.2) is 5.96 Å². The summed E-state index contributed by atoms with van der Waals surface area (Å²) in [4.78, 5) is 91.7. The Morgan fingerprint density at radius 2 is 1.58 bits per heavy atom. The molecule has 1 fully saturated rings. The molecule has 0 spiro atoms. The highest BCUT2D eigenvalue weighted by Gasteiger charge is 2.40. The van der Waals surface area contributed by atoms with Crippen LogP contribution >= 0.6 is 0 Å². The number of unbranched alkanes of at least 4 members (excludes halogenated alkanes) is 1. The van der Waals surface area contributed by atoms with E-state index in [1.54, 1.807) is 19.1 Å². The third kappa shape index (κ3) is 17.3. The van der Waals surface area contributed by atoms with Crippen molar-refractivity contribution in [2.45, 2.75) is 128 Å². The summed E-state index contributed by atoms with van der Waals surface area (Å²) in [7, 11) is 3.84. The highest BCUT2D eigenvalue weighted by Crippen LogP contribution is 2.22. The summed E-state index contributed by atoms with van der Waals surface area (Å²) in [6.07, 6.45) is 3.25. The Morgan fingerprint density at radius 3 is 2.17 bits per heavy atom. The van der Waals surface area contributed by atoms with Gasteiger partial charge in [-0.2, -0.15) is 0 Å². The first-order valence-electron chi connectivity index (χ1n) is 20.6. The average molecular weight is 843 g/mol. The fourth-order valence-electron chi connectivity index (χ4n) is 6.86. The maximum absolute atomic E-state index is 14.3. The number of likely N-dealkylation sites (tertiary alicyclic amines) is 1. The van der Waals surface area contributed by atoms with Gasteiger partial charge in [-0.25, -0.2) is 4.79 Å². The molecule has 20 heteroatoms. The largest absolute Gasteiger partial charge is 0.508 e. The number of phenols is 1. The van der Waals surface area contributed by atoms with E-state index in [0.29, 0.717) is 31.2 Å². The number of rotatable bonds is 26. The molecular formula is C40H66N12O8. The van der Waals surface area contributed by atoms with Crippen molar-refractivity contribution in [2.24, 2.45) is 33.4 Å². The van der Waals surface area contributed by atoms with Gasteiger partial charge in [-0.3, -0.25) is 29.0 Å². The molecule has 334 valence electrons. The zero-order chi connectivity index (χ0) is 44.9. The molecular weight excluding hydrogens is 777 g/mol. The number of benzene rings is 1. The van der Waals surface area contributed by atoms with Crippen molar-refractivity contribution < 1.29 is 39.0 Å². The van der Waals surface area contributed by atoms with Crippen LogP contribution in [-0.4, -0.2) is 131 Å². The highest BCUT2D eigenvalue weighted by atomic mass is 16.4. The van der Waals surface area contributed by atoms with Crippen LogP contribution in [0.5, 0.6) is 5.75 Å². The Balaban J connectivity index is 2.40. The first-order chi connectivity index (χ1) is 28.4. The topological polar surface area (TPSA) is 311 Å². The number of phenolic OH excluding ortho intramolecular Hbond substituents is 1. The van der Waals surface area contributed by atoms with Crippen LogP contribution < -0.4 is 32.7 Å². The van der Waals surface area contributed by atoms with Crippen molar-refractivity contribution in [1.82, 2.24) is 31.1 Å². The minimum absolute atomic E-state index is 0.0122. The zero-order valence-corrected chi connectivity index (χ0v) is 35.8. The molecule has 1 aliphatic heterocycles. The van der Waals surface area contributed by atoms with E-state index in [0.717, 1.165) is 13.0 Å². The fourth-order valence-corrected chi connectivity index (χ4v) is 6.86. The van der Waals surface area contributed by atoms with E-state index in [1.165, 1.54) is 17.0 Å². The van der Waals surface area contributed by atoms with Crippen molar-refractivity contribution in [1.29, 1.82) is 0 Å². The second kappa shape index (κ2) is 25.8. The van der Waals surface area contributed by atoms with Crippen molar-refractivity contribution >= 4 is 41.5 Å². The van der Waals surface area contributed by atoms with E-state index < -0.39 is 77.7 Å². The van der Waals surface area contributed by atoms with E-state index in [4.69, 9.17) is 11.5 Å². The van der Waals surface area contributed by atoms with Crippen LogP contribution in [-0.2, 0) is 35.2 Å². The zero-order valence-electron chi connectivity index (χ0n) is 35.8. The Kier molecular flexibility index (Phi) is 21.7. The summed E-state index contributed by atoms with van der Waals surface area (Å²) in [5, 5.41) is 34.2. The maximum Gasteiger partial charge on any atom is 0.326 e. The third-order valence-electron chi connectivity index (χ3n) is 10.3. The maximum atomic E-state index is 14.3. The summed E-state index contributed by atoms with van der Waals surface area (Å²) in [5.74, 6) is -5.07. The van der Waals surface area contributed by atoms with Crippen LogP contribution in [0.3, 0.4) is 0 Å². The predicted molar refractivity (Wildman–Crippen MR) is 226 cm³/mol. The predicted octanol–water partition coefficient (Wildman–Crippen LogP) is 1.51. The second-order valence-corrected chi connectivity index (χ2v) is 16.1. The number of nitrogens with two attached hydrogens (primary N) is 2. The lowest BCUT2D eigenvalue weighted by atomic mass is 9.96. The van der Waals surface area contributed by atoms with E-state index in [9.17, 15) is 44.5 Å². The van der Waals surface area contributed by atoms with Crippen molar-refractivity contribution in [3.05, 3.63) is 40.3 Å². The number of carboxylic acid groups (broad SMARTS) is 1. The normalized spacial score (nSPS) is 16.7. The summed E-state index contributed by atoms with van der Waals surface area (Å²) in [6, 6.07) is -0.823. The Hall–Kier alpha value is -5.62. The molecule has 0 aromatic heterocycles. The van der Waals surface area contributed by atoms with Crippen LogP contribution in [0.25, 0.3) is 10.4 Å². The van der Waals surface area contributed by atoms with Gasteiger partial charge >= 0.3 is 5.97 Å². The van der Waals surface area contributed by atoms with Gasteiger partial charge in [0.1, 0.15) is 42.0 Å². The van der Waals surface area contributed by atoms with Gasteiger partial charge in [0.25, 0.3) is 0 Å². The number of aromatic hydroxyl groups is 1. The summed E-state index contributed by atoms with van der Waals surface area (Å²) in [6.45, 7) is 8.32. The smallest absolute Gasteiger partial charge is 0.326 e. The van der Waals surface area contributed by atoms with E-state index in [-0.39, 0.29) is 62.8 Å². The molecule has 2 rings (SSSR count). The molecule has 1 saturated heterocycles. The quantitative estimate of drug-likeness (QED) is 0.0165. The average Bonchev–Trinajstić information content (AvgIpc) is 3.69. The minimum Gasteiger partial charge on any atom is -0.508 e. The van der Waals surface area contributed by atoms with Crippen molar-refractivity contribution in [2.75, 3.05) is 33.7 Å². The Labute approximate surface area is 352 Å². The van der Waals surface area contributed by atoms with Gasteiger partial charge in [0.2, 0.25) is 29.5 Å². The molecule has 0 bridgehead atoms. The monoisotopic (exact) mass is 843 g/mol. The molecule has 0 aliphatic carbocycles. The number of azide groups is 1. The number of nitrogens with one attached hydrogen (secondary N) is 4. The lowest BCUT2D eigenvalue weighted by Gasteiger charge is -2.31. The van der Waals surface area contributed by atoms with Gasteiger partial charge in [-0.1, -0.05) is 57.8 Å². The third-order valence-corrected chi connectivity index (χ3v) is 10.3. The van der Waals surface area contributed by atoms with Gasteiger partial charge < -0.3 is 52.7 Å². The Morgan fingerprint density at radius 1 is 0.917 bits per heavy atom. The first kappa shape index (κ1) is 50.5. The van der Waals surface area contributed by atoms with E-state index in [1.807, 2.05) is 39.8 Å².